The number of hydrogen-bond donors (Lipinski definition) is 1. The van der Waals surface area contributed by atoms with Crippen LogP contribution in [0, 0.1) is 0 Å². The lowest BCUT2D eigenvalue weighted by atomic mass is 10.2. The smallest absolute Gasteiger partial charge is 0.223 e. The molecule has 0 saturated heterocycles. The van der Waals surface area contributed by atoms with E-state index in [9.17, 15) is 4.79 Å². The minimum atomic E-state index is -0.126. The van der Waals surface area contributed by atoms with E-state index >= 15 is 0 Å². The summed E-state index contributed by atoms with van der Waals surface area (Å²) < 4.78 is 5.49. The van der Waals surface area contributed by atoms with Crippen LogP contribution in [0.15, 0.2) is 48.7 Å². The number of carbonyl (C=O) groups is 1. The van der Waals surface area contributed by atoms with E-state index in [-0.39, 0.29) is 25.0 Å². The molecule has 2 aromatic rings. The number of benzene rings is 1. The zero-order chi connectivity index (χ0) is 15.1. The fourth-order valence-electron chi connectivity index (χ4n) is 1.84. The van der Waals surface area contributed by atoms with Crippen molar-refractivity contribution in [2.45, 2.75) is 19.4 Å². The summed E-state index contributed by atoms with van der Waals surface area (Å²) in [5.74, 6) is 0.505. The van der Waals surface area contributed by atoms with Crippen molar-refractivity contribution in [1.82, 2.24) is 10.3 Å². The molecule has 0 spiro atoms. The van der Waals surface area contributed by atoms with Crippen molar-refractivity contribution in [2.24, 2.45) is 0 Å². The molecule has 0 bridgehead atoms. The van der Waals surface area contributed by atoms with Crippen LogP contribution in [0.5, 0.6) is 5.75 Å². The van der Waals surface area contributed by atoms with Crippen LogP contribution in [-0.2, 0) is 4.79 Å². The van der Waals surface area contributed by atoms with Crippen molar-refractivity contribution in [1.29, 1.82) is 0 Å². The quantitative estimate of drug-likeness (QED) is 0.890. The number of hydrogen-bond acceptors (Lipinski definition) is 3. The molecule has 0 fully saturated rings. The molecule has 1 aromatic carbocycles. The molecular formula is C16H17ClN2O2. The normalized spacial score (nSPS) is 11.7. The third-order valence-corrected chi connectivity index (χ3v) is 3.24. The van der Waals surface area contributed by atoms with E-state index in [1.54, 1.807) is 18.3 Å². The Morgan fingerprint density at radius 3 is 2.76 bits per heavy atom. The van der Waals surface area contributed by atoms with Gasteiger partial charge in [-0.2, -0.15) is 0 Å². The maximum atomic E-state index is 11.9. The average molecular weight is 305 g/mol. The van der Waals surface area contributed by atoms with E-state index in [2.05, 4.69) is 10.3 Å². The van der Waals surface area contributed by atoms with Gasteiger partial charge in [-0.05, 0) is 31.2 Å². The van der Waals surface area contributed by atoms with Crippen LogP contribution in [0.4, 0.5) is 0 Å². The van der Waals surface area contributed by atoms with Gasteiger partial charge in [0.15, 0.2) is 0 Å². The van der Waals surface area contributed by atoms with E-state index in [4.69, 9.17) is 16.3 Å². The number of amides is 1. The van der Waals surface area contributed by atoms with E-state index in [0.29, 0.717) is 10.8 Å². The van der Waals surface area contributed by atoms with Gasteiger partial charge in [0.1, 0.15) is 5.75 Å². The standard InChI is InChI=1S/C16H17ClN2O2/c1-12(14-7-4-5-10-18-14)19-16(20)9-11-21-15-8-3-2-6-13(15)17/h2-8,10,12H,9,11H2,1H3,(H,19,20)/t12-/m0/s1. The molecule has 110 valence electrons. The molecule has 1 atom stereocenters. The highest BCUT2D eigenvalue weighted by molar-refractivity contribution is 6.32. The first-order valence-electron chi connectivity index (χ1n) is 6.74. The summed E-state index contributed by atoms with van der Waals surface area (Å²) in [6.07, 6.45) is 1.97. The molecule has 0 aliphatic rings. The second kappa shape index (κ2) is 7.64. The molecule has 1 amide bonds. The van der Waals surface area contributed by atoms with Gasteiger partial charge in [-0.1, -0.05) is 29.8 Å². The van der Waals surface area contributed by atoms with Crippen LogP contribution in [-0.4, -0.2) is 17.5 Å². The van der Waals surface area contributed by atoms with Gasteiger partial charge in [-0.15, -0.1) is 0 Å². The Balaban J connectivity index is 1.76. The Kier molecular flexibility index (Phi) is 5.58. The predicted octanol–water partition coefficient (Wildman–Crippen LogP) is 3.38. The number of pyridine rings is 1. The van der Waals surface area contributed by atoms with Gasteiger partial charge in [0.2, 0.25) is 5.91 Å². The topological polar surface area (TPSA) is 51.2 Å². The van der Waals surface area contributed by atoms with E-state index in [1.807, 2.05) is 37.3 Å². The summed E-state index contributed by atoms with van der Waals surface area (Å²) in [7, 11) is 0. The lowest BCUT2D eigenvalue weighted by Gasteiger charge is -2.13. The fourth-order valence-corrected chi connectivity index (χ4v) is 2.03. The number of aromatic nitrogens is 1. The van der Waals surface area contributed by atoms with Crippen LogP contribution < -0.4 is 10.1 Å². The zero-order valence-electron chi connectivity index (χ0n) is 11.8. The number of halogens is 1. The second-order valence-electron chi connectivity index (χ2n) is 4.57. The summed E-state index contributed by atoms with van der Waals surface area (Å²) in [5.41, 5.74) is 0.831. The summed E-state index contributed by atoms with van der Waals surface area (Å²) in [5, 5.41) is 3.42. The number of carbonyl (C=O) groups excluding carboxylic acids is 1. The second-order valence-corrected chi connectivity index (χ2v) is 4.98. The lowest BCUT2D eigenvalue weighted by Crippen LogP contribution is -2.28. The first-order valence-corrected chi connectivity index (χ1v) is 7.12. The number of para-hydroxylation sites is 1. The summed E-state index contributed by atoms with van der Waals surface area (Å²) >= 11 is 5.97. The molecule has 2 rings (SSSR count). The molecule has 0 saturated carbocycles. The van der Waals surface area contributed by atoms with Gasteiger partial charge in [0, 0.05) is 6.20 Å². The average Bonchev–Trinajstić information content (AvgIpc) is 2.50. The van der Waals surface area contributed by atoms with Crippen LogP contribution in [0.1, 0.15) is 25.1 Å². The first kappa shape index (κ1) is 15.3. The van der Waals surface area contributed by atoms with Crippen molar-refractivity contribution in [3.8, 4) is 5.75 Å². The third kappa shape index (κ3) is 4.76. The summed E-state index contributed by atoms with van der Waals surface area (Å²) in [4.78, 5) is 16.1. The summed E-state index contributed by atoms with van der Waals surface area (Å²) in [6, 6.07) is 12.7. The molecule has 5 heteroatoms. The van der Waals surface area contributed by atoms with Crippen molar-refractivity contribution >= 4 is 17.5 Å². The molecule has 4 nitrogen and oxygen atoms in total. The fraction of sp³-hybridized carbons (Fsp3) is 0.250. The summed E-state index contributed by atoms with van der Waals surface area (Å²) in [6.45, 7) is 2.18. The first-order chi connectivity index (χ1) is 10.2. The lowest BCUT2D eigenvalue weighted by molar-refractivity contribution is -0.122. The SMILES string of the molecule is C[C@H](NC(=O)CCOc1ccccc1Cl)c1ccccn1. The maximum Gasteiger partial charge on any atom is 0.223 e. The van der Waals surface area contributed by atoms with Gasteiger partial charge in [0.25, 0.3) is 0 Å². The highest BCUT2D eigenvalue weighted by Crippen LogP contribution is 2.23. The number of nitrogens with one attached hydrogen (secondary N) is 1. The van der Waals surface area contributed by atoms with Crippen LogP contribution in [0.2, 0.25) is 5.02 Å². The molecule has 0 aliphatic carbocycles. The van der Waals surface area contributed by atoms with Gasteiger partial charge < -0.3 is 10.1 Å². The molecule has 1 aromatic heterocycles. The third-order valence-electron chi connectivity index (χ3n) is 2.93. The molecule has 0 unspecified atom stereocenters. The number of nitrogens with zero attached hydrogens (tertiary/aromatic N) is 1. The Labute approximate surface area is 129 Å². The van der Waals surface area contributed by atoms with Gasteiger partial charge in [0.05, 0.1) is 29.8 Å². The van der Waals surface area contributed by atoms with Crippen molar-refractivity contribution < 1.29 is 9.53 Å². The monoisotopic (exact) mass is 304 g/mol. The maximum absolute atomic E-state index is 11.9. The molecular weight excluding hydrogens is 288 g/mol. The molecule has 1 N–H and O–H groups in total. The molecule has 21 heavy (non-hydrogen) atoms. The van der Waals surface area contributed by atoms with Gasteiger partial charge in [-0.25, -0.2) is 0 Å². The van der Waals surface area contributed by atoms with Crippen LogP contribution >= 0.6 is 11.6 Å². The van der Waals surface area contributed by atoms with E-state index in [1.165, 1.54) is 0 Å². The van der Waals surface area contributed by atoms with Crippen molar-refractivity contribution in [2.75, 3.05) is 6.61 Å². The molecule has 0 radical (unpaired) electrons. The molecule has 0 aliphatic heterocycles. The highest BCUT2D eigenvalue weighted by atomic mass is 35.5. The largest absolute Gasteiger partial charge is 0.491 e. The zero-order valence-corrected chi connectivity index (χ0v) is 12.5. The minimum Gasteiger partial charge on any atom is -0.491 e. The Morgan fingerprint density at radius 2 is 2.05 bits per heavy atom. The number of ether oxygens (including phenoxy) is 1. The minimum absolute atomic E-state index is 0.0831. The molecule has 1 heterocycles. The van der Waals surface area contributed by atoms with Gasteiger partial charge >= 0.3 is 0 Å². The van der Waals surface area contributed by atoms with Crippen molar-refractivity contribution in [3.63, 3.8) is 0 Å². The van der Waals surface area contributed by atoms with Crippen LogP contribution in [0.25, 0.3) is 0 Å². The Morgan fingerprint density at radius 1 is 1.29 bits per heavy atom. The Hall–Kier alpha value is -2.07. The van der Waals surface area contributed by atoms with E-state index < -0.39 is 0 Å². The Bertz CT molecular complexity index is 590. The van der Waals surface area contributed by atoms with E-state index in [0.717, 1.165) is 5.69 Å². The number of rotatable bonds is 6. The van der Waals surface area contributed by atoms with Crippen LogP contribution in [0.3, 0.4) is 0 Å². The van der Waals surface area contributed by atoms with Crippen molar-refractivity contribution in [3.05, 3.63) is 59.4 Å². The predicted molar refractivity (Wildman–Crippen MR) is 82.4 cm³/mol. The van der Waals surface area contributed by atoms with Gasteiger partial charge in [-0.3, -0.25) is 9.78 Å². The highest BCUT2D eigenvalue weighted by Gasteiger charge is 2.10.